The lowest BCUT2D eigenvalue weighted by Crippen LogP contribution is -2.46. The molecule has 2 aliphatic heterocycles. The molecule has 2 amide bonds. The van der Waals surface area contributed by atoms with Crippen LogP contribution < -0.4 is 16.0 Å². The molecule has 2 saturated heterocycles. The first kappa shape index (κ1) is 8.55. The van der Waals surface area contributed by atoms with Gasteiger partial charge < -0.3 is 16.0 Å². The Labute approximate surface area is 81.8 Å². The number of nitrogens with one attached hydrogen (secondary N) is 3. The van der Waals surface area contributed by atoms with Crippen LogP contribution in [0.2, 0.25) is 0 Å². The normalized spacial score (nSPS) is 31.5. The van der Waals surface area contributed by atoms with E-state index in [1.807, 2.05) is 13.8 Å². The Hall–Kier alpha value is -1.04. The van der Waals surface area contributed by atoms with Crippen LogP contribution in [0, 0.1) is 0 Å². The predicted octanol–water partition coefficient (Wildman–Crippen LogP) is -0.450. The molecule has 0 aromatic rings. The van der Waals surface area contributed by atoms with E-state index in [4.69, 9.17) is 12.2 Å². The summed E-state index contributed by atoms with van der Waals surface area (Å²) >= 11 is 4.95. The number of amides is 2. The van der Waals surface area contributed by atoms with E-state index in [1.54, 1.807) is 4.90 Å². The van der Waals surface area contributed by atoms with Crippen molar-refractivity contribution in [3.8, 4) is 0 Å². The molecule has 0 bridgehead atoms. The third kappa shape index (κ3) is 1.21. The van der Waals surface area contributed by atoms with Crippen LogP contribution in [-0.4, -0.2) is 34.4 Å². The number of nitrogens with zero attached hydrogens (tertiary/aromatic N) is 1. The van der Waals surface area contributed by atoms with Gasteiger partial charge in [-0.15, -0.1) is 0 Å². The van der Waals surface area contributed by atoms with Crippen LogP contribution in [0.4, 0.5) is 4.79 Å². The summed E-state index contributed by atoms with van der Waals surface area (Å²) in [5.41, 5.74) is 0. The first-order chi connectivity index (χ1) is 6.09. The number of urea groups is 1. The maximum absolute atomic E-state index is 11.4. The standard InChI is InChI=1S/C7H12N4OS/c1-3(2)11-5-4(9-7(11)12)8-6(13)10-5/h3-5H,1-2H3,(H,9,12)(H2,8,10,13). The van der Waals surface area contributed by atoms with Gasteiger partial charge in [0.15, 0.2) is 5.11 Å². The summed E-state index contributed by atoms with van der Waals surface area (Å²) in [6, 6.07) is 0.123. The number of thiocarbonyl (C=S) groups is 1. The van der Waals surface area contributed by atoms with Gasteiger partial charge in [-0.25, -0.2) is 4.79 Å². The van der Waals surface area contributed by atoms with Crippen molar-refractivity contribution in [2.45, 2.75) is 32.2 Å². The van der Waals surface area contributed by atoms with Gasteiger partial charge in [-0.2, -0.15) is 0 Å². The zero-order valence-corrected chi connectivity index (χ0v) is 8.31. The topological polar surface area (TPSA) is 56.4 Å². The molecule has 13 heavy (non-hydrogen) atoms. The van der Waals surface area contributed by atoms with Gasteiger partial charge in [0.2, 0.25) is 0 Å². The second-order valence-electron chi connectivity index (χ2n) is 3.49. The Morgan fingerprint density at radius 3 is 2.69 bits per heavy atom. The van der Waals surface area contributed by atoms with E-state index < -0.39 is 0 Å². The SMILES string of the molecule is CC(C)N1C(=O)NC2NC(=S)NC21. The van der Waals surface area contributed by atoms with E-state index in [-0.39, 0.29) is 24.4 Å². The van der Waals surface area contributed by atoms with E-state index in [9.17, 15) is 4.79 Å². The van der Waals surface area contributed by atoms with E-state index >= 15 is 0 Å². The van der Waals surface area contributed by atoms with Gasteiger partial charge >= 0.3 is 6.03 Å². The van der Waals surface area contributed by atoms with Crippen LogP contribution in [0.3, 0.4) is 0 Å². The molecule has 2 unspecified atom stereocenters. The van der Waals surface area contributed by atoms with E-state index in [1.165, 1.54) is 0 Å². The van der Waals surface area contributed by atoms with Crippen LogP contribution in [-0.2, 0) is 0 Å². The molecule has 2 heterocycles. The minimum atomic E-state index is -0.0811. The van der Waals surface area contributed by atoms with Gasteiger partial charge in [0.1, 0.15) is 12.3 Å². The molecule has 2 rings (SSSR count). The number of hydrogen-bond acceptors (Lipinski definition) is 2. The van der Waals surface area contributed by atoms with Crippen molar-refractivity contribution in [3.63, 3.8) is 0 Å². The van der Waals surface area contributed by atoms with Crippen molar-refractivity contribution in [1.82, 2.24) is 20.9 Å². The highest BCUT2D eigenvalue weighted by molar-refractivity contribution is 7.80. The zero-order chi connectivity index (χ0) is 9.59. The zero-order valence-electron chi connectivity index (χ0n) is 7.50. The Morgan fingerprint density at radius 1 is 1.38 bits per heavy atom. The van der Waals surface area contributed by atoms with Gasteiger partial charge in [0, 0.05) is 6.04 Å². The Kier molecular flexibility index (Phi) is 1.80. The van der Waals surface area contributed by atoms with Gasteiger partial charge in [-0.1, -0.05) is 0 Å². The lowest BCUT2D eigenvalue weighted by Gasteiger charge is -2.25. The van der Waals surface area contributed by atoms with E-state index in [0.717, 1.165) is 0 Å². The van der Waals surface area contributed by atoms with Gasteiger partial charge in [0.25, 0.3) is 0 Å². The maximum Gasteiger partial charge on any atom is 0.321 e. The van der Waals surface area contributed by atoms with Gasteiger partial charge in [0.05, 0.1) is 0 Å². The summed E-state index contributed by atoms with van der Waals surface area (Å²) in [4.78, 5) is 13.2. The van der Waals surface area contributed by atoms with E-state index in [0.29, 0.717) is 5.11 Å². The molecule has 6 heteroatoms. The first-order valence-electron chi connectivity index (χ1n) is 4.25. The minimum Gasteiger partial charge on any atom is -0.339 e. The molecule has 0 aromatic heterocycles. The molecule has 72 valence electrons. The lowest BCUT2D eigenvalue weighted by molar-refractivity contribution is 0.180. The molecule has 5 nitrogen and oxygen atoms in total. The lowest BCUT2D eigenvalue weighted by atomic mass is 10.3. The summed E-state index contributed by atoms with van der Waals surface area (Å²) in [6.45, 7) is 3.95. The van der Waals surface area contributed by atoms with Crippen LogP contribution in [0.15, 0.2) is 0 Å². The number of fused-ring (bicyclic) bond motifs is 1. The van der Waals surface area contributed by atoms with Crippen LogP contribution in [0.5, 0.6) is 0 Å². The number of hydrogen-bond donors (Lipinski definition) is 3. The second-order valence-corrected chi connectivity index (χ2v) is 3.90. The van der Waals surface area contributed by atoms with Gasteiger partial charge in [-0.3, -0.25) is 4.90 Å². The molecule has 0 saturated carbocycles. The largest absolute Gasteiger partial charge is 0.339 e. The smallest absolute Gasteiger partial charge is 0.321 e. The summed E-state index contributed by atoms with van der Waals surface area (Å²) in [5.74, 6) is 0. The van der Waals surface area contributed by atoms with Crippen LogP contribution >= 0.6 is 12.2 Å². The molecule has 0 radical (unpaired) electrons. The Morgan fingerprint density at radius 2 is 2.08 bits per heavy atom. The fraction of sp³-hybridized carbons (Fsp3) is 0.714. The molecule has 2 fully saturated rings. The Balaban J connectivity index is 2.19. The highest BCUT2D eigenvalue weighted by Gasteiger charge is 2.44. The van der Waals surface area contributed by atoms with Crippen LogP contribution in [0.1, 0.15) is 13.8 Å². The summed E-state index contributed by atoms with van der Waals surface area (Å²) < 4.78 is 0. The molecular weight excluding hydrogens is 188 g/mol. The molecule has 0 aliphatic carbocycles. The number of carbonyl (C=O) groups excluding carboxylic acids is 1. The predicted molar refractivity (Wildman–Crippen MR) is 52.0 cm³/mol. The summed E-state index contributed by atoms with van der Waals surface area (Å²) in [5, 5.41) is 9.42. The van der Waals surface area contributed by atoms with Crippen molar-refractivity contribution < 1.29 is 4.79 Å². The number of carbonyl (C=O) groups is 1. The molecule has 0 spiro atoms. The molecular formula is C7H12N4OS. The average molecular weight is 200 g/mol. The van der Waals surface area contributed by atoms with E-state index in [2.05, 4.69) is 16.0 Å². The molecule has 0 aromatic carbocycles. The fourth-order valence-electron chi connectivity index (χ4n) is 1.71. The third-order valence-corrected chi connectivity index (χ3v) is 2.49. The fourth-order valence-corrected chi connectivity index (χ4v) is 1.96. The highest BCUT2D eigenvalue weighted by Crippen LogP contribution is 2.16. The second kappa shape index (κ2) is 2.73. The first-order valence-corrected chi connectivity index (χ1v) is 4.66. The van der Waals surface area contributed by atoms with Crippen molar-refractivity contribution >= 4 is 23.4 Å². The third-order valence-electron chi connectivity index (χ3n) is 2.25. The quantitative estimate of drug-likeness (QED) is 0.502. The van der Waals surface area contributed by atoms with Crippen LogP contribution in [0.25, 0.3) is 0 Å². The summed E-state index contributed by atoms with van der Waals surface area (Å²) in [6.07, 6.45) is -0.123. The highest BCUT2D eigenvalue weighted by atomic mass is 32.1. The minimum absolute atomic E-state index is 0.0417. The van der Waals surface area contributed by atoms with Gasteiger partial charge in [-0.05, 0) is 26.1 Å². The van der Waals surface area contributed by atoms with Crippen molar-refractivity contribution in [1.29, 1.82) is 0 Å². The maximum atomic E-state index is 11.4. The van der Waals surface area contributed by atoms with Crippen molar-refractivity contribution in [2.24, 2.45) is 0 Å². The van der Waals surface area contributed by atoms with Crippen molar-refractivity contribution in [3.05, 3.63) is 0 Å². The molecule has 3 N–H and O–H groups in total. The van der Waals surface area contributed by atoms with Crippen molar-refractivity contribution in [2.75, 3.05) is 0 Å². The monoisotopic (exact) mass is 200 g/mol. The Bertz CT molecular complexity index is 267. The number of rotatable bonds is 1. The summed E-state index contributed by atoms with van der Waals surface area (Å²) in [7, 11) is 0. The average Bonchev–Trinajstić information content (AvgIpc) is 2.41. The molecule has 2 atom stereocenters. The molecule has 2 aliphatic rings.